The molecule has 1 fully saturated rings. The Kier molecular flexibility index (Phi) is 3.81. The van der Waals surface area contributed by atoms with Crippen molar-refractivity contribution >= 4 is 5.69 Å². The lowest BCUT2D eigenvalue weighted by Crippen LogP contribution is -2.60. The average molecular weight is 272 g/mol. The van der Waals surface area contributed by atoms with Gasteiger partial charge in [0.2, 0.25) is 6.29 Å². The lowest BCUT2D eigenvalue weighted by molar-refractivity contribution is -0.277. The van der Waals surface area contributed by atoms with Gasteiger partial charge in [-0.05, 0) is 24.2 Å². The Morgan fingerprint density at radius 1 is 1.21 bits per heavy atom. The van der Waals surface area contributed by atoms with Gasteiger partial charge in [-0.15, -0.1) is 0 Å². The molecule has 6 N–H and O–H groups in total. The Labute approximate surface area is 111 Å². The third-order valence-corrected chi connectivity index (χ3v) is 2.90. The molecule has 0 spiro atoms. The SMILES string of the molecule is [2H]c1cc(N)ccc1OC1O[C@H](CO)[C@@H](O)[C@H](O)[C@@H]1O. The van der Waals surface area contributed by atoms with Crippen LogP contribution in [0.15, 0.2) is 24.2 Å². The zero-order chi connectivity index (χ0) is 14.9. The third kappa shape index (κ3) is 2.96. The monoisotopic (exact) mass is 272 g/mol. The fourth-order valence-corrected chi connectivity index (χ4v) is 1.79. The minimum Gasteiger partial charge on any atom is -0.462 e. The average Bonchev–Trinajstić information content (AvgIpc) is 2.42. The minimum atomic E-state index is -1.52. The van der Waals surface area contributed by atoms with Gasteiger partial charge in [0.05, 0.1) is 7.98 Å². The molecule has 1 aliphatic rings. The maximum Gasteiger partial charge on any atom is 0.229 e. The third-order valence-electron chi connectivity index (χ3n) is 2.90. The number of hydrogen-bond acceptors (Lipinski definition) is 7. The molecule has 1 aliphatic heterocycles. The number of ether oxygens (including phenoxy) is 2. The highest BCUT2D eigenvalue weighted by molar-refractivity contribution is 5.41. The number of nitrogen functional groups attached to an aromatic ring is 1. The highest BCUT2D eigenvalue weighted by Crippen LogP contribution is 2.24. The van der Waals surface area contributed by atoms with Crippen LogP contribution >= 0.6 is 0 Å². The van der Waals surface area contributed by atoms with E-state index in [0.29, 0.717) is 5.69 Å². The van der Waals surface area contributed by atoms with Gasteiger partial charge in [0.25, 0.3) is 0 Å². The van der Waals surface area contributed by atoms with Crippen LogP contribution in [0.4, 0.5) is 5.69 Å². The van der Waals surface area contributed by atoms with E-state index in [0.717, 1.165) is 0 Å². The predicted octanol–water partition coefficient (Wildman–Crippen LogP) is -1.55. The lowest BCUT2D eigenvalue weighted by Gasteiger charge is -2.39. The van der Waals surface area contributed by atoms with Crippen LogP contribution in [0.3, 0.4) is 0 Å². The van der Waals surface area contributed by atoms with E-state index >= 15 is 0 Å². The molecule has 0 radical (unpaired) electrons. The fourth-order valence-electron chi connectivity index (χ4n) is 1.79. The van der Waals surface area contributed by atoms with Crippen LogP contribution < -0.4 is 10.5 Å². The van der Waals surface area contributed by atoms with Gasteiger partial charge in [-0.25, -0.2) is 0 Å². The zero-order valence-electron chi connectivity index (χ0n) is 11.0. The molecule has 0 aliphatic carbocycles. The van der Waals surface area contributed by atoms with Crippen molar-refractivity contribution in [3.05, 3.63) is 24.2 Å². The van der Waals surface area contributed by atoms with Crippen LogP contribution in [0.25, 0.3) is 0 Å². The summed E-state index contributed by atoms with van der Waals surface area (Å²) in [5, 5.41) is 38.1. The van der Waals surface area contributed by atoms with Crippen molar-refractivity contribution in [3.8, 4) is 5.75 Å². The number of rotatable bonds is 3. The van der Waals surface area contributed by atoms with Crippen molar-refractivity contribution in [2.75, 3.05) is 12.3 Å². The zero-order valence-corrected chi connectivity index (χ0v) is 10.0. The number of nitrogens with two attached hydrogens (primary N) is 1. The van der Waals surface area contributed by atoms with Crippen molar-refractivity contribution in [3.63, 3.8) is 0 Å². The maximum atomic E-state index is 9.80. The number of aliphatic hydroxyl groups is 4. The molecule has 1 aromatic rings. The van der Waals surface area contributed by atoms with E-state index < -0.39 is 37.3 Å². The summed E-state index contributed by atoms with van der Waals surface area (Å²) < 4.78 is 18.2. The van der Waals surface area contributed by atoms with Crippen LogP contribution in [0.1, 0.15) is 1.37 Å². The molecule has 0 bridgehead atoms. The van der Waals surface area contributed by atoms with Gasteiger partial charge < -0.3 is 35.6 Å². The van der Waals surface area contributed by atoms with E-state index in [2.05, 4.69) is 0 Å². The summed E-state index contributed by atoms with van der Waals surface area (Å²) in [4.78, 5) is 0. The highest BCUT2D eigenvalue weighted by Gasteiger charge is 2.44. The number of aliphatic hydroxyl groups excluding tert-OH is 4. The van der Waals surface area contributed by atoms with Crippen LogP contribution in [0.2, 0.25) is 0 Å². The van der Waals surface area contributed by atoms with Crippen molar-refractivity contribution < 1.29 is 31.3 Å². The minimum absolute atomic E-state index is 0.0121. The van der Waals surface area contributed by atoms with Gasteiger partial charge >= 0.3 is 0 Å². The standard InChI is InChI=1S/C12H17NO6/c13-6-1-3-7(4-2-6)18-12-11(17)10(16)9(15)8(5-14)19-12/h1-4,8-12,14-17H,5,13H2/t8-,9-,10+,11+,12?/m1/s1/i3D. The maximum absolute atomic E-state index is 9.80. The number of benzene rings is 1. The summed E-state index contributed by atoms with van der Waals surface area (Å²) in [7, 11) is 0. The molecule has 19 heavy (non-hydrogen) atoms. The summed E-state index contributed by atoms with van der Waals surface area (Å²) in [6.45, 7) is -0.541. The van der Waals surface area contributed by atoms with E-state index in [-0.39, 0.29) is 11.8 Å². The van der Waals surface area contributed by atoms with Crippen LogP contribution in [-0.4, -0.2) is 57.7 Å². The first-order valence-corrected chi connectivity index (χ1v) is 5.77. The largest absolute Gasteiger partial charge is 0.462 e. The Balaban J connectivity index is 2.15. The smallest absolute Gasteiger partial charge is 0.229 e. The van der Waals surface area contributed by atoms with Crippen molar-refractivity contribution in [1.82, 2.24) is 0 Å². The van der Waals surface area contributed by atoms with E-state index in [4.69, 9.17) is 21.7 Å². The number of anilines is 1. The van der Waals surface area contributed by atoms with Crippen molar-refractivity contribution in [1.29, 1.82) is 0 Å². The fraction of sp³-hybridized carbons (Fsp3) is 0.500. The first-order valence-electron chi connectivity index (χ1n) is 6.27. The van der Waals surface area contributed by atoms with Gasteiger partial charge in [-0.1, -0.05) is 0 Å². The molecule has 5 atom stereocenters. The van der Waals surface area contributed by atoms with Gasteiger partial charge in [-0.2, -0.15) is 0 Å². The lowest BCUT2D eigenvalue weighted by atomic mass is 9.99. The molecule has 106 valence electrons. The topological polar surface area (TPSA) is 125 Å². The molecule has 1 heterocycles. The Morgan fingerprint density at radius 2 is 1.95 bits per heavy atom. The second-order valence-electron chi connectivity index (χ2n) is 4.30. The van der Waals surface area contributed by atoms with Gasteiger partial charge in [-0.3, -0.25) is 0 Å². The second kappa shape index (κ2) is 5.72. The Morgan fingerprint density at radius 3 is 2.58 bits per heavy atom. The van der Waals surface area contributed by atoms with E-state index in [9.17, 15) is 15.3 Å². The van der Waals surface area contributed by atoms with Crippen molar-refractivity contribution in [2.24, 2.45) is 0 Å². The summed E-state index contributed by atoms with van der Waals surface area (Å²) in [5.74, 6) is 0.100. The molecule has 0 aromatic heterocycles. The Hall–Kier alpha value is -1.38. The van der Waals surface area contributed by atoms with Gasteiger partial charge in [0.1, 0.15) is 30.2 Å². The second-order valence-corrected chi connectivity index (χ2v) is 4.30. The van der Waals surface area contributed by atoms with Gasteiger partial charge in [0, 0.05) is 5.69 Å². The molecule has 2 rings (SSSR count). The molecule has 7 heteroatoms. The summed E-state index contributed by atoms with van der Waals surface area (Å²) >= 11 is 0. The molecule has 0 amide bonds. The van der Waals surface area contributed by atoms with Gasteiger partial charge in [0.15, 0.2) is 0 Å². The van der Waals surface area contributed by atoms with E-state index in [1.54, 1.807) is 0 Å². The molecule has 0 saturated carbocycles. The molecular formula is C12H17NO6. The summed E-state index contributed by atoms with van der Waals surface area (Å²) in [6, 6.07) is 4.29. The van der Waals surface area contributed by atoms with Crippen LogP contribution in [-0.2, 0) is 4.74 Å². The van der Waals surface area contributed by atoms with Crippen LogP contribution in [0, 0.1) is 0 Å². The first-order chi connectivity index (χ1) is 9.43. The van der Waals surface area contributed by atoms with E-state index in [1.807, 2.05) is 0 Å². The molecule has 7 nitrogen and oxygen atoms in total. The molecular weight excluding hydrogens is 254 g/mol. The quantitative estimate of drug-likeness (QED) is 0.422. The normalized spacial score (nSPS) is 35.8. The molecule has 1 unspecified atom stereocenters. The number of hydrogen-bond donors (Lipinski definition) is 5. The molecule has 1 saturated heterocycles. The summed E-state index contributed by atoms with van der Waals surface area (Å²) in [5.41, 5.74) is 5.89. The Bertz CT molecular complexity index is 471. The first kappa shape index (κ1) is 12.6. The predicted molar refractivity (Wildman–Crippen MR) is 65.2 cm³/mol. The molecule has 1 aromatic carbocycles. The van der Waals surface area contributed by atoms with Crippen LogP contribution in [0.5, 0.6) is 5.75 Å². The summed E-state index contributed by atoms with van der Waals surface area (Å²) in [6.07, 6.45) is -6.84. The van der Waals surface area contributed by atoms with E-state index in [1.165, 1.54) is 18.2 Å². The van der Waals surface area contributed by atoms with Crippen molar-refractivity contribution in [2.45, 2.75) is 30.7 Å². The highest BCUT2D eigenvalue weighted by atomic mass is 16.7.